The maximum Gasteiger partial charge on any atom is 0.231 e. The molecule has 2 aromatic rings. The van der Waals surface area contributed by atoms with E-state index in [1.54, 1.807) is 18.2 Å². The molecule has 0 amide bonds. The predicted octanol–water partition coefficient (Wildman–Crippen LogP) is 2.09. The number of aliphatic hydroxyl groups excluding tert-OH is 1. The Kier molecular flexibility index (Phi) is 2.08. The molecule has 82 valence electrons. The molecule has 1 aromatic carbocycles. The number of benzene rings is 1. The average Bonchev–Trinajstić information content (AvgIpc) is 2.98. The van der Waals surface area contributed by atoms with E-state index in [9.17, 15) is 5.11 Å². The molecule has 3 rings (SSSR count). The third-order valence-corrected chi connectivity index (χ3v) is 2.57. The van der Waals surface area contributed by atoms with Crippen LogP contribution in [0.25, 0.3) is 0 Å². The quantitative estimate of drug-likeness (QED) is 0.838. The minimum absolute atomic E-state index is 0.237. The Bertz CT molecular complexity index is 490. The zero-order valence-corrected chi connectivity index (χ0v) is 8.42. The Morgan fingerprint density at radius 2 is 1.94 bits per heavy atom. The second kappa shape index (κ2) is 3.57. The van der Waals surface area contributed by atoms with Crippen molar-refractivity contribution in [1.82, 2.24) is 0 Å². The van der Waals surface area contributed by atoms with E-state index in [2.05, 4.69) is 0 Å². The monoisotopic (exact) mass is 218 g/mol. The fourth-order valence-electron chi connectivity index (χ4n) is 1.71. The molecule has 0 radical (unpaired) electrons. The van der Waals surface area contributed by atoms with Crippen molar-refractivity contribution < 1.29 is 19.0 Å². The lowest BCUT2D eigenvalue weighted by Gasteiger charge is -2.09. The van der Waals surface area contributed by atoms with Crippen molar-refractivity contribution >= 4 is 0 Å². The molecule has 1 atom stereocenters. The summed E-state index contributed by atoms with van der Waals surface area (Å²) >= 11 is 0. The molecular formula is C12H10O4. The highest BCUT2D eigenvalue weighted by molar-refractivity contribution is 5.46. The fourth-order valence-corrected chi connectivity index (χ4v) is 1.71. The summed E-state index contributed by atoms with van der Waals surface area (Å²) in [5, 5.41) is 10.1. The van der Waals surface area contributed by atoms with Gasteiger partial charge in [-0.1, -0.05) is 6.07 Å². The number of rotatable bonds is 2. The minimum atomic E-state index is -0.701. The van der Waals surface area contributed by atoms with Crippen LogP contribution in [0.2, 0.25) is 0 Å². The van der Waals surface area contributed by atoms with Crippen molar-refractivity contribution in [3.63, 3.8) is 0 Å². The molecule has 1 aliphatic rings. The normalized spacial score (nSPS) is 15.1. The van der Waals surface area contributed by atoms with E-state index >= 15 is 0 Å². The van der Waals surface area contributed by atoms with Gasteiger partial charge in [0, 0.05) is 5.56 Å². The summed E-state index contributed by atoms with van der Waals surface area (Å²) in [7, 11) is 0. The lowest BCUT2D eigenvalue weighted by atomic mass is 10.0. The minimum Gasteiger partial charge on any atom is -0.472 e. The van der Waals surface area contributed by atoms with Gasteiger partial charge in [0.25, 0.3) is 0 Å². The van der Waals surface area contributed by atoms with Gasteiger partial charge in [-0.05, 0) is 23.8 Å². The summed E-state index contributed by atoms with van der Waals surface area (Å²) in [5.41, 5.74) is 1.48. The summed E-state index contributed by atoms with van der Waals surface area (Å²) in [5.74, 6) is 1.38. The van der Waals surface area contributed by atoms with Gasteiger partial charge in [0.2, 0.25) is 6.79 Å². The first-order valence-electron chi connectivity index (χ1n) is 4.94. The summed E-state index contributed by atoms with van der Waals surface area (Å²) in [6, 6.07) is 7.11. The number of aliphatic hydroxyl groups is 1. The van der Waals surface area contributed by atoms with Gasteiger partial charge in [-0.25, -0.2) is 0 Å². The van der Waals surface area contributed by atoms with Crippen molar-refractivity contribution in [3.8, 4) is 11.5 Å². The van der Waals surface area contributed by atoms with Gasteiger partial charge in [-0.15, -0.1) is 0 Å². The standard InChI is InChI=1S/C12H10O4/c13-12(9-3-4-14-6-9)8-1-2-10-11(5-8)16-7-15-10/h1-6,12-13H,7H2. The van der Waals surface area contributed by atoms with Gasteiger partial charge in [-0.3, -0.25) is 0 Å². The lowest BCUT2D eigenvalue weighted by molar-refractivity contribution is 0.173. The van der Waals surface area contributed by atoms with Crippen LogP contribution in [0, 0.1) is 0 Å². The van der Waals surface area contributed by atoms with E-state index in [1.165, 1.54) is 12.5 Å². The zero-order valence-electron chi connectivity index (χ0n) is 8.42. The van der Waals surface area contributed by atoms with Crippen LogP contribution in [-0.2, 0) is 0 Å². The van der Waals surface area contributed by atoms with Crippen LogP contribution in [0.3, 0.4) is 0 Å². The summed E-state index contributed by atoms with van der Waals surface area (Å²) in [6.45, 7) is 0.237. The molecule has 4 nitrogen and oxygen atoms in total. The molecule has 1 N–H and O–H groups in total. The fraction of sp³-hybridized carbons (Fsp3) is 0.167. The van der Waals surface area contributed by atoms with Gasteiger partial charge in [0.05, 0.1) is 12.5 Å². The molecule has 1 aliphatic heterocycles. The SMILES string of the molecule is OC(c1ccoc1)c1ccc2c(c1)OCO2. The number of fused-ring (bicyclic) bond motifs is 1. The summed E-state index contributed by atoms with van der Waals surface area (Å²) in [4.78, 5) is 0. The number of ether oxygens (including phenoxy) is 2. The van der Waals surface area contributed by atoms with Gasteiger partial charge in [-0.2, -0.15) is 0 Å². The highest BCUT2D eigenvalue weighted by Crippen LogP contribution is 2.35. The predicted molar refractivity (Wildman–Crippen MR) is 55.3 cm³/mol. The second-order valence-electron chi connectivity index (χ2n) is 3.57. The second-order valence-corrected chi connectivity index (χ2v) is 3.57. The van der Waals surface area contributed by atoms with Crippen molar-refractivity contribution in [3.05, 3.63) is 47.9 Å². The van der Waals surface area contributed by atoms with E-state index in [0.29, 0.717) is 11.5 Å². The molecular weight excluding hydrogens is 208 g/mol. The van der Waals surface area contributed by atoms with Crippen LogP contribution < -0.4 is 9.47 Å². The zero-order chi connectivity index (χ0) is 11.0. The maximum absolute atomic E-state index is 10.1. The van der Waals surface area contributed by atoms with Gasteiger partial charge in [0.1, 0.15) is 6.10 Å². The van der Waals surface area contributed by atoms with Crippen molar-refractivity contribution in [2.24, 2.45) is 0 Å². The Balaban J connectivity index is 1.95. The van der Waals surface area contributed by atoms with E-state index in [4.69, 9.17) is 13.9 Å². The Hall–Kier alpha value is -1.94. The van der Waals surface area contributed by atoms with E-state index in [1.807, 2.05) is 6.07 Å². The maximum atomic E-state index is 10.1. The molecule has 0 bridgehead atoms. The van der Waals surface area contributed by atoms with Crippen molar-refractivity contribution in [2.45, 2.75) is 6.10 Å². The topological polar surface area (TPSA) is 51.8 Å². The van der Waals surface area contributed by atoms with Crippen LogP contribution in [-0.4, -0.2) is 11.9 Å². The average molecular weight is 218 g/mol. The largest absolute Gasteiger partial charge is 0.472 e. The number of furan rings is 1. The molecule has 1 aromatic heterocycles. The van der Waals surface area contributed by atoms with Gasteiger partial charge >= 0.3 is 0 Å². The van der Waals surface area contributed by atoms with E-state index in [-0.39, 0.29) is 6.79 Å². The molecule has 0 spiro atoms. The molecule has 1 unspecified atom stereocenters. The highest BCUT2D eigenvalue weighted by atomic mass is 16.7. The van der Waals surface area contributed by atoms with Crippen LogP contribution in [0.5, 0.6) is 11.5 Å². The Morgan fingerprint density at radius 1 is 1.06 bits per heavy atom. The van der Waals surface area contributed by atoms with Crippen LogP contribution in [0.4, 0.5) is 0 Å². The van der Waals surface area contributed by atoms with Crippen LogP contribution >= 0.6 is 0 Å². The molecule has 2 heterocycles. The lowest BCUT2D eigenvalue weighted by Crippen LogP contribution is -1.97. The first-order chi connectivity index (χ1) is 7.84. The van der Waals surface area contributed by atoms with Crippen LogP contribution in [0.15, 0.2) is 41.2 Å². The summed E-state index contributed by atoms with van der Waals surface area (Å²) < 4.78 is 15.4. The third-order valence-electron chi connectivity index (χ3n) is 2.57. The van der Waals surface area contributed by atoms with Crippen molar-refractivity contribution in [2.75, 3.05) is 6.79 Å². The van der Waals surface area contributed by atoms with Crippen molar-refractivity contribution in [1.29, 1.82) is 0 Å². The molecule has 0 saturated heterocycles. The molecule has 0 fully saturated rings. The van der Waals surface area contributed by atoms with Gasteiger partial charge < -0.3 is 19.0 Å². The molecule has 4 heteroatoms. The molecule has 16 heavy (non-hydrogen) atoms. The van der Waals surface area contributed by atoms with E-state index < -0.39 is 6.10 Å². The number of hydrogen-bond acceptors (Lipinski definition) is 4. The Labute approximate surface area is 92.0 Å². The molecule has 0 saturated carbocycles. The smallest absolute Gasteiger partial charge is 0.231 e. The first kappa shape index (κ1) is 9.30. The highest BCUT2D eigenvalue weighted by Gasteiger charge is 2.17. The van der Waals surface area contributed by atoms with Gasteiger partial charge in [0.15, 0.2) is 11.5 Å². The first-order valence-corrected chi connectivity index (χ1v) is 4.94. The van der Waals surface area contributed by atoms with E-state index in [0.717, 1.165) is 11.1 Å². The van der Waals surface area contributed by atoms with Crippen LogP contribution in [0.1, 0.15) is 17.2 Å². The number of hydrogen-bond donors (Lipinski definition) is 1. The Morgan fingerprint density at radius 3 is 2.75 bits per heavy atom. The third kappa shape index (κ3) is 1.44. The molecule has 0 aliphatic carbocycles. The summed E-state index contributed by atoms with van der Waals surface area (Å²) in [6.07, 6.45) is 2.36.